The van der Waals surface area contributed by atoms with Gasteiger partial charge in [0.15, 0.2) is 5.13 Å². The second-order valence-corrected chi connectivity index (χ2v) is 7.34. The van der Waals surface area contributed by atoms with Gasteiger partial charge in [0.05, 0.1) is 10.6 Å². The highest BCUT2D eigenvalue weighted by molar-refractivity contribution is 7.14. The molecular formula is C21H19N3O3S. The number of non-ortho nitro benzene ring substituents is 1. The minimum absolute atomic E-state index is 0.0126. The van der Waals surface area contributed by atoms with Gasteiger partial charge in [0.25, 0.3) is 5.69 Å². The van der Waals surface area contributed by atoms with Crippen molar-refractivity contribution in [2.75, 3.05) is 5.32 Å². The van der Waals surface area contributed by atoms with E-state index >= 15 is 0 Å². The number of nitrogens with zero attached hydrogens (tertiary/aromatic N) is 2. The van der Waals surface area contributed by atoms with Crippen molar-refractivity contribution in [1.82, 2.24) is 4.98 Å². The standard InChI is InChI=1S/C21H19N3O3S/c1-13-10-14(2)20(15(3)11-13)18-12-28-21(22-18)23-19(25)9-6-16-4-7-17(8-5-16)24(26)27/h4-12H,1-3H3,(H,22,23,25)/b9-6+. The van der Waals surface area contributed by atoms with Crippen molar-refractivity contribution >= 4 is 34.1 Å². The normalized spacial score (nSPS) is 11.0. The fourth-order valence-electron chi connectivity index (χ4n) is 3.06. The number of anilines is 1. The van der Waals surface area contributed by atoms with E-state index in [9.17, 15) is 14.9 Å². The number of amides is 1. The molecule has 0 aliphatic carbocycles. The molecule has 3 aromatic rings. The number of thiazole rings is 1. The van der Waals surface area contributed by atoms with Crippen molar-refractivity contribution in [3.8, 4) is 11.3 Å². The Labute approximate surface area is 166 Å². The zero-order valence-corrected chi connectivity index (χ0v) is 16.5. The number of hydrogen-bond acceptors (Lipinski definition) is 5. The van der Waals surface area contributed by atoms with E-state index in [2.05, 4.69) is 43.2 Å². The van der Waals surface area contributed by atoms with Crippen LogP contribution in [0.25, 0.3) is 17.3 Å². The van der Waals surface area contributed by atoms with Gasteiger partial charge in [-0.2, -0.15) is 0 Å². The molecule has 6 nitrogen and oxygen atoms in total. The average Bonchev–Trinajstić information content (AvgIpc) is 3.07. The van der Waals surface area contributed by atoms with Crippen molar-refractivity contribution in [3.63, 3.8) is 0 Å². The molecule has 0 bridgehead atoms. The van der Waals surface area contributed by atoms with Gasteiger partial charge >= 0.3 is 0 Å². The van der Waals surface area contributed by atoms with E-state index in [-0.39, 0.29) is 11.6 Å². The smallest absolute Gasteiger partial charge is 0.269 e. The first-order valence-electron chi connectivity index (χ1n) is 8.61. The topological polar surface area (TPSA) is 85.1 Å². The summed E-state index contributed by atoms with van der Waals surface area (Å²) < 4.78 is 0. The number of carbonyl (C=O) groups is 1. The van der Waals surface area contributed by atoms with Gasteiger partial charge in [-0.15, -0.1) is 11.3 Å². The lowest BCUT2D eigenvalue weighted by atomic mass is 9.98. The van der Waals surface area contributed by atoms with Gasteiger partial charge < -0.3 is 0 Å². The molecule has 0 fully saturated rings. The Morgan fingerprint density at radius 2 is 1.79 bits per heavy atom. The van der Waals surface area contributed by atoms with E-state index in [4.69, 9.17) is 0 Å². The third-order valence-corrected chi connectivity index (χ3v) is 4.96. The monoisotopic (exact) mass is 393 g/mol. The first-order chi connectivity index (χ1) is 13.3. The summed E-state index contributed by atoms with van der Waals surface area (Å²) in [5.41, 5.74) is 6.15. The zero-order chi connectivity index (χ0) is 20.3. The highest BCUT2D eigenvalue weighted by Crippen LogP contribution is 2.31. The second kappa shape index (κ2) is 8.14. The molecule has 0 saturated carbocycles. The van der Waals surface area contributed by atoms with Gasteiger partial charge in [-0.3, -0.25) is 20.2 Å². The Hall–Kier alpha value is -3.32. The quantitative estimate of drug-likeness (QED) is 0.362. The number of aryl methyl sites for hydroxylation is 3. The molecule has 0 aliphatic rings. The molecule has 0 aliphatic heterocycles. The summed E-state index contributed by atoms with van der Waals surface area (Å²) in [6.07, 6.45) is 2.98. The van der Waals surface area contributed by atoms with Crippen LogP contribution in [0.3, 0.4) is 0 Å². The fourth-order valence-corrected chi connectivity index (χ4v) is 3.76. The summed E-state index contributed by atoms with van der Waals surface area (Å²) in [5.74, 6) is -0.309. The third-order valence-electron chi connectivity index (χ3n) is 4.20. The van der Waals surface area contributed by atoms with E-state index in [1.807, 2.05) is 5.38 Å². The molecule has 0 spiro atoms. The number of nitrogens with one attached hydrogen (secondary N) is 1. The molecule has 0 radical (unpaired) electrons. The van der Waals surface area contributed by atoms with Crippen molar-refractivity contribution in [2.45, 2.75) is 20.8 Å². The Balaban J connectivity index is 1.70. The molecule has 3 rings (SSSR count). The van der Waals surface area contributed by atoms with Crippen LogP contribution >= 0.6 is 11.3 Å². The SMILES string of the molecule is Cc1cc(C)c(-c2csc(NC(=O)/C=C/c3ccc([N+](=O)[O-])cc3)n2)c(C)c1. The number of nitro groups is 1. The van der Waals surface area contributed by atoms with Crippen molar-refractivity contribution in [1.29, 1.82) is 0 Å². The molecule has 1 heterocycles. The Morgan fingerprint density at radius 1 is 1.14 bits per heavy atom. The van der Waals surface area contributed by atoms with Gasteiger partial charge in [0, 0.05) is 29.2 Å². The summed E-state index contributed by atoms with van der Waals surface area (Å²) >= 11 is 1.37. The summed E-state index contributed by atoms with van der Waals surface area (Å²) in [6.45, 7) is 6.17. The van der Waals surface area contributed by atoms with E-state index in [0.717, 1.165) is 22.4 Å². The van der Waals surface area contributed by atoms with Crippen molar-refractivity contribution < 1.29 is 9.72 Å². The van der Waals surface area contributed by atoms with Gasteiger partial charge in [-0.1, -0.05) is 17.7 Å². The van der Waals surface area contributed by atoms with Crippen LogP contribution in [0.5, 0.6) is 0 Å². The summed E-state index contributed by atoms with van der Waals surface area (Å²) in [5, 5.41) is 15.9. The lowest BCUT2D eigenvalue weighted by Gasteiger charge is -2.08. The lowest BCUT2D eigenvalue weighted by molar-refractivity contribution is -0.384. The van der Waals surface area contributed by atoms with E-state index in [1.54, 1.807) is 18.2 Å². The minimum atomic E-state index is -0.461. The number of nitro benzene ring substituents is 1. The Kier molecular flexibility index (Phi) is 5.65. The van der Waals surface area contributed by atoms with E-state index < -0.39 is 4.92 Å². The maximum atomic E-state index is 12.1. The molecule has 142 valence electrons. The van der Waals surface area contributed by atoms with Crippen LogP contribution in [0.15, 0.2) is 47.9 Å². The first-order valence-corrected chi connectivity index (χ1v) is 9.48. The minimum Gasteiger partial charge on any atom is -0.298 e. The maximum Gasteiger partial charge on any atom is 0.269 e. The molecule has 2 aromatic carbocycles. The van der Waals surface area contributed by atoms with Crippen LogP contribution in [0.4, 0.5) is 10.8 Å². The molecule has 1 N–H and O–H groups in total. The van der Waals surface area contributed by atoms with Crippen LogP contribution in [0, 0.1) is 30.9 Å². The average molecular weight is 393 g/mol. The third kappa shape index (κ3) is 4.50. The van der Waals surface area contributed by atoms with Crippen molar-refractivity contribution in [2.24, 2.45) is 0 Å². The van der Waals surface area contributed by atoms with Crippen molar-refractivity contribution in [3.05, 3.63) is 80.2 Å². The predicted octanol–water partition coefficient (Wildman–Crippen LogP) is 5.30. The molecule has 1 aromatic heterocycles. The molecule has 1 amide bonds. The van der Waals surface area contributed by atoms with Gasteiger partial charge in [0.1, 0.15) is 0 Å². The lowest BCUT2D eigenvalue weighted by Crippen LogP contribution is -2.07. The summed E-state index contributed by atoms with van der Waals surface area (Å²) in [4.78, 5) is 26.9. The van der Waals surface area contributed by atoms with Crippen LogP contribution < -0.4 is 5.32 Å². The van der Waals surface area contributed by atoms with Gasteiger partial charge in [0.2, 0.25) is 5.91 Å². The second-order valence-electron chi connectivity index (χ2n) is 6.48. The first kappa shape index (κ1) is 19.4. The maximum absolute atomic E-state index is 12.1. The largest absolute Gasteiger partial charge is 0.298 e. The number of aromatic nitrogens is 1. The van der Waals surface area contributed by atoms with Gasteiger partial charge in [-0.05, 0) is 55.7 Å². The predicted molar refractivity (Wildman–Crippen MR) is 113 cm³/mol. The molecule has 28 heavy (non-hydrogen) atoms. The number of carbonyl (C=O) groups excluding carboxylic acids is 1. The number of rotatable bonds is 5. The molecule has 0 saturated heterocycles. The molecule has 0 unspecified atom stereocenters. The highest BCUT2D eigenvalue weighted by atomic mass is 32.1. The van der Waals surface area contributed by atoms with E-state index in [0.29, 0.717) is 10.7 Å². The van der Waals surface area contributed by atoms with Crippen LogP contribution in [0.2, 0.25) is 0 Å². The molecule has 7 heteroatoms. The van der Waals surface area contributed by atoms with Crippen LogP contribution in [0.1, 0.15) is 22.3 Å². The Bertz CT molecular complexity index is 1050. The fraction of sp³-hybridized carbons (Fsp3) is 0.143. The Morgan fingerprint density at radius 3 is 2.39 bits per heavy atom. The molecule has 0 atom stereocenters. The molecular weight excluding hydrogens is 374 g/mol. The summed E-state index contributed by atoms with van der Waals surface area (Å²) in [6, 6.07) is 10.2. The highest BCUT2D eigenvalue weighted by Gasteiger charge is 2.11. The zero-order valence-electron chi connectivity index (χ0n) is 15.7. The number of benzene rings is 2. The van der Waals surface area contributed by atoms with Gasteiger partial charge in [-0.25, -0.2) is 4.98 Å². The van der Waals surface area contributed by atoms with Crippen LogP contribution in [-0.4, -0.2) is 15.8 Å². The summed E-state index contributed by atoms with van der Waals surface area (Å²) in [7, 11) is 0. The van der Waals surface area contributed by atoms with Crippen LogP contribution in [-0.2, 0) is 4.79 Å². The van der Waals surface area contributed by atoms with E-state index in [1.165, 1.54) is 35.1 Å². The number of hydrogen-bond donors (Lipinski definition) is 1.